The van der Waals surface area contributed by atoms with Crippen molar-refractivity contribution >= 4 is 5.84 Å². The van der Waals surface area contributed by atoms with E-state index in [1.165, 1.54) is 5.56 Å². The van der Waals surface area contributed by atoms with E-state index >= 15 is 0 Å². The fraction of sp³-hybridized carbons (Fsp3) is 0.417. The SMILES string of the molecule is CN1CCN=C1c1ccccc1CCO. The van der Waals surface area contributed by atoms with Crippen LogP contribution in [0.5, 0.6) is 0 Å². The van der Waals surface area contributed by atoms with Gasteiger partial charge in [-0.1, -0.05) is 24.3 Å². The summed E-state index contributed by atoms with van der Waals surface area (Å²) < 4.78 is 0. The molecule has 0 saturated carbocycles. The number of benzene rings is 1. The highest BCUT2D eigenvalue weighted by atomic mass is 16.2. The van der Waals surface area contributed by atoms with Crippen molar-refractivity contribution in [3.8, 4) is 0 Å². The summed E-state index contributed by atoms with van der Waals surface area (Å²) in [5.74, 6) is 1.05. The first-order chi connectivity index (χ1) is 7.33. The zero-order valence-corrected chi connectivity index (χ0v) is 8.98. The fourth-order valence-corrected chi connectivity index (χ4v) is 1.90. The highest BCUT2D eigenvalue weighted by Crippen LogP contribution is 2.15. The predicted octanol–water partition coefficient (Wildman–Crippen LogP) is 0.913. The fourth-order valence-electron chi connectivity index (χ4n) is 1.90. The third kappa shape index (κ3) is 2.02. The largest absolute Gasteiger partial charge is 0.396 e. The van der Waals surface area contributed by atoms with Crippen molar-refractivity contribution in [3.05, 3.63) is 35.4 Å². The van der Waals surface area contributed by atoms with E-state index in [-0.39, 0.29) is 6.61 Å². The molecule has 1 N–H and O–H groups in total. The van der Waals surface area contributed by atoms with Gasteiger partial charge >= 0.3 is 0 Å². The average Bonchev–Trinajstić information content (AvgIpc) is 2.66. The lowest BCUT2D eigenvalue weighted by molar-refractivity contribution is 0.299. The molecule has 0 aromatic heterocycles. The molecule has 2 rings (SSSR count). The van der Waals surface area contributed by atoms with Crippen molar-refractivity contribution in [3.63, 3.8) is 0 Å². The van der Waals surface area contributed by atoms with Gasteiger partial charge in [0.25, 0.3) is 0 Å². The molecule has 1 heterocycles. The van der Waals surface area contributed by atoms with Gasteiger partial charge in [-0.05, 0) is 12.0 Å². The Morgan fingerprint density at radius 2 is 2.20 bits per heavy atom. The molecule has 0 atom stereocenters. The maximum absolute atomic E-state index is 9.00. The second-order valence-electron chi connectivity index (χ2n) is 3.76. The number of aliphatic imine (C=N–C) groups is 1. The number of hydrogen-bond donors (Lipinski definition) is 1. The van der Waals surface area contributed by atoms with Crippen LogP contribution in [0.1, 0.15) is 11.1 Å². The maximum atomic E-state index is 9.00. The Bertz CT molecular complexity index is 374. The monoisotopic (exact) mass is 204 g/mol. The van der Waals surface area contributed by atoms with Crippen molar-refractivity contribution in [2.45, 2.75) is 6.42 Å². The van der Waals surface area contributed by atoms with Gasteiger partial charge in [0.05, 0.1) is 6.54 Å². The minimum Gasteiger partial charge on any atom is -0.396 e. The molecule has 1 aromatic carbocycles. The number of aliphatic hydroxyl groups excluding tert-OH is 1. The molecule has 0 aliphatic carbocycles. The molecule has 1 aromatic rings. The maximum Gasteiger partial charge on any atom is 0.131 e. The molecular weight excluding hydrogens is 188 g/mol. The summed E-state index contributed by atoms with van der Waals surface area (Å²) >= 11 is 0. The molecule has 1 aliphatic rings. The molecule has 3 heteroatoms. The van der Waals surface area contributed by atoms with E-state index in [2.05, 4.69) is 29.1 Å². The Balaban J connectivity index is 2.34. The van der Waals surface area contributed by atoms with E-state index in [0.29, 0.717) is 6.42 Å². The third-order valence-electron chi connectivity index (χ3n) is 2.70. The van der Waals surface area contributed by atoms with Crippen LogP contribution < -0.4 is 0 Å². The first-order valence-electron chi connectivity index (χ1n) is 5.27. The van der Waals surface area contributed by atoms with Crippen LogP contribution in [0, 0.1) is 0 Å². The van der Waals surface area contributed by atoms with Gasteiger partial charge < -0.3 is 10.0 Å². The smallest absolute Gasteiger partial charge is 0.131 e. The lowest BCUT2D eigenvalue weighted by Gasteiger charge is -2.16. The van der Waals surface area contributed by atoms with E-state index in [1.54, 1.807) is 0 Å². The Kier molecular flexibility index (Phi) is 3.02. The zero-order valence-electron chi connectivity index (χ0n) is 8.98. The van der Waals surface area contributed by atoms with Crippen LogP contribution in [0.2, 0.25) is 0 Å². The lowest BCUT2D eigenvalue weighted by Crippen LogP contribution is -2.24. The first-order valence-corrected chi connectivity index (χ1v) is 5.27. The Morgan fingerprint density at radius 1 is 1.40 bits per heavy atom. The van der Waals surface area contributed by atoms with Gasteiger partial charge in [-0.15, -0.1) is 0 Å². The van der Waals surface area contributed by atoms with Crippen LogP contribution in [0.15, 0.2) is 29.3 Å². The van der Waals surface area contributed by atoms with Crippen LogP contribution in [0.4, 0.5) is 0 Å². The molecule has 0 bridgehead atoms. The summed E-state index contributed by atoms with van der Waals surface area (Å²) in [5.41, 5.74) is 2.33. The summed E-state index contributed by atoms with van der Waals surface area (Å²) in [5, 5.41) is 9.00. The van der Waals surface area contributed by atoms with E-state index in [4.69, 9.17) is 5.11 Å². The predicted molar refractivity (Wildman–Crippen MR) is 61.3 cm³/mol. The molecular formula is C12H16N2O. The Labute approximate surface area is 90.1 Å². The number of nitrogens with zero attached hydrogens (tertiary/aromatic N) is 2. The van der Waals surface area contributed by atoms with Crippen molar-refractivity contribution in [1.29, 1.82) is 0 Å². The topological polar surface area (TPSA) is 35.8 Å². The lowest BCUT2D eigenvalue weighted by atomic mass is 10.0. The minimum atomic E-state index is 0.188. The third-order valence-corrected chi connectivity index (χ3v) is 2.70. The van der Waals surface area contributed by atoms with Crippen LogP contribution in [-0.4, -0.2) is 42.6 Å². The van der Waals surface area contributed by atoms with Gasteiger partial charge in [0.2, 0.25) is 0 Å². The molecule has 0 unspecified atom stereocenters. The molecule has 0 radical (unpaired) electrons. The van der Waals surface area contributed by atoms with Gasteiger partial charge in [0, 0.05) is 25.8 Å². The van der Waals surface area contributed by atoms with Gasteiger partial charge in [0.1, 0.15) is 5.84 Å². The summed E-state index contributed by atoms with van der Waals surface area (Å²) in [6.07, 6.45) is 0.697. The van der Waals surface area contributed by atoms with Gasteiger partial charge in [-0.25, -0.2) is 0 Å². The number of aliphatic hydroxyl groups is 1. The zero-order chi connectivity index (χ0) is 10.7. The van der Waals surface area contributed by atoms with Crippen molar-refractivity contribution in [1.82, 2.24) is 4.90 Å². The van der Waals surface area contributed by atoms with Crippen molar-refractivity contribution < 1.29 is 5.11 Å². The van der Waals surface area contributed by atoms with Crippen LogP contribution in [-0.2, 0) is 6.42 Å². The molecule has 0 spiro atoms. The molecule has 0 saturated heterocycles. The molecule has 0 fully saturated rings. The van der Waals surface area contributed by atoms with Gasteiger partial charge in [0.15, 0.2) is 0 Å². The number of hydrogen-bond acceptors (Lipinski definition) is 3. The van der Waals surface area contributed by atoms with Crippen molar-refractivity contribution in [2.75, 3.05) is 26.7 Å². The minimum absolute atomic E-state index is 0.188. The van der Waals surface area contributed by atoms with Gasteiger partial charge in [-0.2, -0.15) is 0 Å². The summed E-state index contributed by atoms with van der Waals surface area (Å²) in [7, 11) is 2.06. The van der Waals surface area contributed by atoms with Crippen LogP contribution in [0.3, 0.4) is 0 Å². The van der Waals surface area contributed by atoms with Gasteiger partial charge in [-0.3, -0.25) is 4.99 Å². The highest BCUT2D eigenvalue weighted by Gasteiger charge is 2.16. The average molecular weight is 204 g/mol. The van der Waals surface area contributed by atoms with E-state index < -0.39 is 0 Å². The van der Waals surface area contributed by atoms with Crippen LogP contribution in [0.25, 0.3) is 0 Å². The summed E-state index contributed by atoms with van der Waals surface area (Å²) in [6.45, 7) is 2.05. The second-order valence-corrected chi connectivity index (χ2v) is 3.76. The Morgan fingerprint density at radius 3 is 2.87 bits per heavy atom. The normalized spacial score (nSPS) is 15.6. The standard InChI is InChI=1S/C12H16N2O/c1-14-8-7-13-12(14)11-5-3-2-4-10(11)6-9-15/h2-5,15H,6-9H2,1H3. The van der Waals surface area contributed by atoms with Crippen molar-refractivity contribution in [2.24, 2.45) is 4.99 Å². The Hall–Kier alpha value is -1.35. The quantitative estimate of drug-likeness (QED) is 0.794. The molecule has 1 aliphatic heterocycles. The number of rotatable bonds is 3. The van der Waals surface area contributed by atoms with Crippen LogP contribution >= 0.6 is 0 Å². The highest BCUT2D eigenvalue weighted by molar-refractivity contribution is 6.00. The van der Waals surface area contributed by atoms with E-state index in [1.807, 2.05) is 12.1 Å². The summed E-state index contributed by atoms with van der Waals surface area (Å²) in [4.78, 5) is 6.65. The first kappa shape index (κ1) is 10.2. The second kappa shape index (κ2) is 4.45. The molecule has 0 amide bonds. The molecule has 3 nitrogen and oxygen atoms in total. The van der Waals surface area contributed by atoms with E-state index in [0.717, 1.165) is 24.5 Å². The summed E-state index contributed by atoms with van der Waals surface area (Å²) in [6, 6.07) is 8.15. The molecule has 15 heavy (non-hydrogen) atoms. The van der Waals surface area contributed by atoms with E-state index in [9.17, 15) is 0 Å². The molecule has 80 valence electrons. The number of amidine groups is 1. The number of likely N-dealkylation sites (N-methyl/N-ethyl adjacent to an activating group) is 1.